The van der Waals surface area contributed by atoms with E-state index in [4.69, 9.17) is 14.6 Å². The van der Waals surface area contributed by atoms with Gasteiger partial charge < -0.3 is 19.9 Å². The average molecular weight is 281 g/mol. The molecule has 1 aromatic carbocycles. The van der Waals surface area contributed by atoms with Crippen LogP contribution in [0.4, 0.5) is 0 Å². The standard InChI is InChI=1S/C16H27NO3/c1-3-4-5-6-12-20-16-14(13-17-10-11-18)8-7-9-15(16)19-2/h7-9,17-18H,3-6,10-13H2,1-2H3. The topological polar surface area (TPSA) is 50.7 Å². The third kappa shape index (κ3) is 5.80. The molecule has 20 heavy (non-hydrogen) atoms. The first kappa shape index (κ1) is 16.8. The lowest BCUT2D eigenvalue weighted by molar-refractivity contribution is 0.278. The second-order valence-electron chi connectivity index (χ2n) is 4.76. The molecule has 114 valence electrons. The van der Waals surface area contributed by atoms with Gasteiger partial charge >= 0.3 is 0 Å². The summed E-state index contributed by atoms with van der Waals surface area (Å²) in [5.74, 6) is 1.58. The summed E-state index contributed by atoms with van der Waals surface area (Å²) < 4.78 is 11.3. The maximum atomic E-state index is 8.82. The van der Waals surface area contributed by atoms with Crippen molar-refractivity contribution in [2.75, 3.05) is 26.9 Å². The summed E-state index contributed by atoms with van der Waals surface area (Å²) >= 11 is 0. The van der Waals surface area contributed by atoms with E-state index in [1.165, 1.54) is 19.3 Å². The van der Waals surface area contributed by atoms with Crippen molar-refractivity contribution in [3.63, 3.8) is 0 Å². The molecular formula is C16H27NO3. The Morgan fingerprint density at radius 3 is 2.75 bits per heavy atom. The minimum atomic E-state index is 0.136. The van der Waals surface area contributed by atoms with E-state index in [1.54, 1.807) is 7.11 Å². The zero-order valence-corrected chi connectivity index (χ0v) is 12.7. The van der Waals surface area contributed by atoms with Gasteiger partial charge in [0.05, 0.1) is 20.3 Å². The Morgan fingerprint density at radius 2 is 2.05 bits per heavy atom. The first-order valence-corrected chi connectivity index (χ1v) is 7.43. The highest BCUT2D eigenvalue weighted by Crippen LogP contribution is 2.31. The summed E-state index contributed by atoms with van der Waals surface area (Å²) in [5.41, 5.74) is 1.06. The Morgan fingerprint density at radius 1 is 1.20 bits per heavy atom. The van der Waals surface area contributed by atoms with Gasteiger partial charge in [0.15, 0.2) is 11.5 Å². The fourth-order valence-electron chi connectivity index (χ4n) is 2.03. The van der Waals surface area contributed by atoms with Gasteiger partial charge in [0.1, 0.15) is 0 Å². The van der Waals surface area contributed by atoms with Gasteiger partial charge in [0, 0.05) is 18.7 Å². The number of methoxy groups -OCH3 is 1. The zero-order valence-electron chi connectivity index (χ0n) is 12.7. The Kier molecular flexibility index (Phi) is 8.83. The Hall–Kier alpha value is -1.26. The molecule has 0 aliphatic heterocycles. The highest BCUT2D eigenvalue weighted by atomic mass is 16.5. The van der Waals surface area contributed by atoms with E-state index in [-0.39, 0.29) is 6.61 Å². The molecule has 0 amide bonds. The number of benzene rings is 1. The van der Waals surface area contributed by atoms with Crippen LogP contribution < -0.4 is 14.8 Å². The molecule has 0 atom stereocenters. The number of hydrogen-bond donors (Lipinski definition) is 2. The van der Waals surface area contributed by atoms with E-state index in [2.05, 4.69) is 12.2 Å². The highest BCUT2D eigenvalue weighted by Gasteiger charge is 2.10. The van der Waals surface area contributed by atoms with Crippen molar-refractivity contribution in [2.24, 2.45) is 0 Å². The number of rotatable bonds is 11. The molecule has 1 aromatic rings. The maximum Gasteiger partial charge on any atom is 0.165 e. The third-order valence-corrected chi connectivity index (χ3v) is 3.13. The molecule has 0 radical (unpaired) electrons. The molecule has 0 aliphatic carbocycles. The molecule has 2 N–H and O–H groups in total. The van der Waals surface area contributed by atoms with Gasteiger partial charge in [0.25, 0.3) is 0 Å². The van der Waals surface area contributed by atoms with Crippen LogP contribution in [0.25, 0.3) is 0 Å². The fourth-order valence-corrected chi connectivity index (χ4v) is 2.03. The van der Waals surface area contributed by atoms with Crippen LogP contribution in [0.1, 0.15) is 38.2 Å². The van der Waals surface area contributed by atoms with Crippen molar-refractivity contribution in [3.8, 4) is 11.5 Å². The van der Waals surface area contributed by atoms with Crippen LogP contribution in [-0.2, 0) is 6.54 Å². The van der Waals surface area contributed by atoms with Gasteiger partial charge in [-0.25, -0.2) is 0 Å². The second kappa shape index (κ2) is 10.5. The normalized spacial score (nSPS) is 10.6. The van der Waals surface area contributed by atoms with Gasteiger partial charge in [0.2, 0.25) is 0 Å². The minimum Gasteiger partial charge on any atom is -0.493 e. The predicted octanol–water partition coefficient (Wildman–Crippen LogP) is 2.74. The monoisotopic (exact) mass is 281 g/mol. The van der Waals surface area contributed by atoms with Gasteiger partial charge in [-0.15, -0.1) is 0 Å². The summed E-state index contributed by atoms with van der Waals surface area (Å²) in [6, 6.07) is 5.89. The molecule has 0 saturated carbocycles. The van der Waals surface area contributed by atoms with E-state index < -0.39 is 0 Å². The number of hydrogen-bond acceptors (Lipinski definition) is 4. The lowest BCUT2D eigenvalue weighted by atomic mass is 10.1. The van der Waals surface area contributed by atoms with Crippen molar-refractivity contribution in [1.29, 1.82) is 0 Å². The van der Waals surface area contributed by atoms with Crippen LogP contribution in [-0.4, -0.2) is 32.0 Å². The molecule has 4 heteroatoms. The summed E-state index contributed by atoms with van der Waals surface area (Å²) in [5, 5.41) is 12.0. The van der Waals surface area contributed by atoms with E-state index in [0.717, 1.165) is 23.5 Å². The largest absolute Gasteiger partial charge is 0.493 e. The van der Waals surface area contributed by atoms with Crippen LogP contribution in [0, 0.1) is 0 Å². The lowest BCUT2D eigenvalue weighted by Gasteiger charge is -2.15. The Balaban J connectivity index is 2.59. The molecular weight excluding hydrogens is 254 g/mol. The van der Waals surface area contributed by atoms with Gasteiger partial charge in [-0.1, -0.05) is 38.3 Å². The number of aliphatic hydroxyl groups is 1. The first-order chi connectivity index (χ1) is 9.83. The number of para-hydroxylation sites is 1. The Labute approximate surface area is 122 Å². The van der Waals surface area contributed by atoms with Crippen molar-refractivity contribution in [1.82, 2.24) is 5.32 Å². The lowest BCUT2D eigenvalue weighted by Crippen LogP contribution is -2.18. The molecule has 0 unspecified atom stereocenters. The zero-order chi connectivity index (χ0) is 14.6. The van der Waals surface area contributed by atoms with Gasteiger partial charge in [-0.2, -0.15) is 0 Å². The summed E-state index contributed by atoms with van der Waals surface area (Å²) in [7, 11) is 1.66. The molecule has 0 fully saturated rings. The molecule has 4 nitrogen and oxygen atoms in total. The van der Waals surface area contributed by atoms with Crippen LogP contribution >= 0.6 is 0 Å². The molecule has 1 rings (SSSR count). The summed E-state index contributed by atoms with van der Waals surface area (Å²) in [6.45, 7) is 4.30. The second-order valence-corrected chi connectivity index (χ2v) is 4.76. The first-order valence-electron chi connectivity index (χ1n) is 7.43. The van der Waals surface area contributed by atoms with E-state index in [1.807, 2.05) is 18.2 Å². The molecule has 0 aliphatic rings. The van der Waals surface area contributed by atoms with E-state index in [0.29, 0.717) is 19.7 Å². The van der Waals surface area contributed by atoms with Gasteiger partial charge in [-0.05, 0) is 12.5 Å². The van der Waals surface area contributed by atoms with E-state index >= 15 is 0 Å². The molecule has 0 bridgehead atoms. The van der Waals surface area contributed by atoms with Crippen molar-refractivity contribution >= 4 is 0 Å². The van der Waals surface area contributed by atoms with Crippen molar-refractivity contribution in [2.45, 2.75) is 39.2 Å². The number of nitrogens with one attached hydrogen (secondary N) is 1. The smallest absolute Gasteiger partial charge is 0.165 e. The van der Waals surface area contributed by atoms with Crippen molar-refractivity contribution in [3.05, 3.63) is 23.8 Å². The molecule has 0 aromatic heterocycles. The maximum absolute atomic E-state index is 8.82. The SMILES string of the molecule is CCCCCCOc1c(CNCCO)cccc1OC. The van der Waals surface area contributed by atoms with Gasteiger partial charge in [-0.3, -0.25) is 0 Å². The van der Waals surface area contributed by atoms with Crippen LogP contribution in [0.2, 0.25) is 0 Å². The minimum absolute atomic E-state index is 0.136. The average Bonchev–Trinajstić information content (AvgIpc) is 2.48. The van der Waals surface area contributed by atoms with Crippen molar-refractivity contribution < 1.29 is 14.6 Å². The predicted molar refractivity (Wildman–Crippen MR) is 81.4 cm³/mol. The van der Waals surface area contributed by atoms with Crippen LogP contribution in [0.3, 0.4) is 0 Å². The fraction of sp³-hybridized carbons (Fsp3) is 0.625. The summed E-state index contributed by atoms with van der Waals surface area (Å²) in [6.07, 6.45) is 4.74. The molecule has 0 heterocycles. The quantitative estimate of drug-likeness (QED) is 0.612. The Bertz CT molecular complexity index is 369. The number of ether oxygens (including phenoxy) is 2. The molecule has 0 saturated heterocycles. The van der Waals surface area contributed by atoms with Crippen LogP contribution in [0.5, 0.6) is 11.5 Å². The third-order valence-electron chi connectivity index (χ3n) is 3.13. The highest BCUT2D eigenvalue weighted by molar-refractivity contribution is 5.46. The molecule has 0 spiro atoms. The van der Waals surface area contributed by atoms with E-state index in [9.17, 15) is 0 Å². The number of unbranched alkanes of at least 4 members (excludes halogenated alkanes) is 3. The van der Waals surface area contributed by atoms with Crippen LogP contribution in [0.15, 0.2) is 18.2 Å². The number of aliphatic hydroxyl groups excluding tert-OH is 1. The summed E-state index contributed by atoms with van der Waals surface area (Å²) in [4.78, 5) is 0.